The molecule has 0 spiro atoms. The fourth-order valence-electron chi connectivity index (χ4n) is 2.39. The van der Waals surface area contributed by atoms with Crippen LogP contribution in [-0.2, 0) is 25.5 Å². The van der Waals surface area contributed by atoms with E-state index >= 15 is 0 Å². The molecule has 8 heteroatoms. The van der Waals surface area contributed by atoms with E-state index in [1.807, 2.05) is 19.2 Å². The Labute approximate surface area is 167 Å². The molecule has 0 aliphatic carbocycles. The first-order valence-corrected chi connectivity index (χ1v) is 9.74. The highest BCUT2D eigenvalue weighted by Crippen LogP contribution is 2.30. The molecule has 7 nitrogen and oxygen atoms in total. The van der Waals surface area contributed by atoms with E-state index in [2.05, 4.69) is 5.32 Å². The number of esters is 2. The van der Waals surface area contributed by atoms with Crippen molar-refractivity contribution >= 4 is 40.3 Å². The number of hydrogen-bond acceptors (Lipinski definition) is 7. The minimum atomic E-state index is -0.677. The zero-order chi connectivity index (χ0) is 20.5. The highest BCUT2D eigenvalue weighted by molar-refractivity contribution is 7.15. The maximum absolute atomic E-state index is 12.3. The zero-order valence-electron chi connectivity index (χ0n) is 16.0. The van der Waals surface area contributed by atoms with Gasteiger partial charge in [0.05, 0.1) is 18.4 Å². The van der Waals surface area contributed by atoms with E-state index in [-0.39, 0.29) is 6.61 Å². The third-order valence-electron chi connectivity index (χ3n) is 3.50. The molecule has 150 valence electrons. The summed E-state index contributed by atoms with van der Waals surface area (Å²) < 4.78 is 15.1. The first-order chi connectivity index (χ1) is 13.4. The molecule has 0 aliphatic heterocycles. The van der Waals surface area contributed by atoms with Gasteiger partial charge in [0.25, 0.3) is 5.91 Å². The Morgan fingerprint density at radius 2 is 2.07 bits per heavy atom. The summed E-state index contributed by atoms with van der Waals surface area (Å²) in [6.07, 6.45) is 4.78. The number of thiophene rings is 1. The van der Waals surface area contributed by atoms with E-state index in [0.29, 0.717) is 28.7 Å². The molecule has 0 aromatic carbocycles. The molecule has 0 unspecified atom stereocenters. The monoisotopic (exact) mass is 405 g/mol. The Bertz CT molecular complexity index is 835. The molecule has 2 aromatic heterocycles. The lowest BCUT2D eigenvalue weighted by molar-refractivity contribution is -0.142. The topological polar surface area (TPSA) is 94.8 Å². The van der Waals surface area contributed by atoms with E-state index in [1.165, 1.54) is 29.8 Å². The number of nitrogens with one attached hydrogen (secondary N) is 1. The highest BCUT2D eigenvalue weighted by Gasteiger charge is 2.22. The van der Waals surface area contributed by atoms with Crippen LogP contribution in [0.1, 0.15) is 42.5 Å². The Morgan fingerprint density at radius 1 is 1.29 bits per heavy atom. The molecule has 0 fully saturated rings. The van der Waals surface area contributed by atoms with Gasteiger partial charge in [-0.2, -0.15) is 0 Å². The smallest absolute Gasteiger partial charge is 0.341 e. The van der Waals surface area contributed by atoms with Crippen molar-refractivity contribution in [2.45, 2.75) is 27.2 Å². The summed E-state index contributed by atoms with van der Waals surface area (Å²) >= 11 is 1.24. The number of rotatable bonds is 9. The van der Waals surface area contributed by atoms with Crippen LogP contribution in [0.15, 0.2) is 34.3 Å². The van der Waals surface area contributed by atoms with Crippen LogP contribution in [0.4, 0.5) is 5.00 Å². The molecule has 2 heterocycles. The molecule has 1 N–H and O–H groups in total. The summed E-state index contributed by atoms with van der Waals surface area (Å²) in [4.78, 5) is 36.1. The summed E-state index contributed by atoms with van der Waals surface area (Å²) in [6, 6.07) is 3.37. The molecular formula is C20H23NO6S. The van der Waals surface area contributed by atoms with Crippen molar-refractivity contribution in [3.63, 3.8) is 0 Å². The third-order valence-corrected chi connectivity index (χ3v) is 4.44. The summed E-state index contributed by atoms with van der Waals surface area (Å²) in [5.41, 5.74) is 1.19. The van der Waals surface area contributed by atoms with Crippen LogP contribution in [0.25, 0.3) is 6.08 Å². The van der Waals surface area contributed by atoms with Gasteiger partial charge in [-0.1, -0.05) is 13.8 Å². The lowest BCUT2D eigenvalue weighted by Crippen LogP contribution is -2.21. The summed E-state index contributed by atoms with van der Waals surface area (Å²) in [5.74, 6) is -0.856. The Kier molecular flexibility index (Phi) is 8.01. The number of furan rings is 1. The van der Waals surface area contributed by atoms with Gasteiger partial charge in [0.15, 0.2) is 6.61 Å². The lowest BCUT2D eigenvalue weighted by atomic mass is 10.0. The van der Waals surface area contributed by atoms with Crippen molar-refractivity contribution in [2.75, 3.05) is 18.5 Å². The van der Waals surface area contributed by atoms with Gasteiger partial charge < -0.3 is 19.2 Å². The molecular weight excluding hydrogens is 382 g/mol. The molecule has 2 rings (SSSR count). The number of ether oxygens (including phenoxy) is 2. The predicted molar refractivity (Wildman–Crippen MR) is 106 cm³/mol. The quantitative estimate of drug-likeness (QED) is 0.502. The largest absolute Gasteiger partial charge is 0.465 e. The molecule has 0 atom stereocenters. The van der Waals surface area contributed by atoms with Gasteiger partial charge in [0, 0.05) is 6.08 Å². The minimum Gasteiger partial charge on any atom is -0.465 e. The normalized spacial score (nSPS) is 11.0. The summed E-state index contributed by atoms with van der Waals surface area (Å²) in [7, 11) is 0. The van der Waals surface area contributed by atoms with Crippen LogP contribution in [0.3, 0.4) is 0 Å². The van der Waals surface area contributed by atoms with Gasteiger partial charge >= 0.3 is 11.9 Å². The van der Waals surface area contributed by atoms with Crippen LogP contribution >= 0.6 is 11.3 Å². The fraction of sp³-hybridized carbons (Fsp3) is 0.350. The van der Waals surface area contributed by atoms with Crippen molar-refractivity contribution in [3.05, 3.63) is 46.7 Å². The van der Waals surface area contributed by atoms with E-state index < -0.39 is 24.5 Å². The molecule has 0 aliphatic rings. The van der Waals surface area contributed by atoms with Crippen LogP contribution in [0, 0.1) is 5.92 Å². The second-order valence-corrected chi connectivity index (χ2v) is 7.17. The maximum Gasteiger partial charge on any atom is 0.341 e. The maximum atomic E-state index is 12.3. The third kappa shape index (κ3) is 6.38. The number of hydrogen-bond donors (Lipinski definition) is 1. The molecule has 0 bridgehead atoms. The second-order valence-electron chi connectivity index (χ2n) is 6.29. The Morgan fingerprint density at radius 3 is 2.71 bits per heavy atom. The first kappa shape index (κ1) is 21.4. The number of amides is 1. The molecule has 28 heavy (non-hydrogen) atoms. The standard InChI is InChI=1S/C20H23NO6S/c1-4-25-20(24)18-14(10-13(2)3)12-28-19(18)21-16(22)11-27-17(23)8-7-15-6-5-9-26-15/h5-9,12-13H,4,10-11H2,1-3H3,(H,21,22). The second kappa shape index (κ2) is 10.5. The number of carbonyl (C=O) groups excluding carboxylic acids is 3. The van der Waals surface area contributed by atoms with E-state index in [4.69, 9.17) is 13.9 Å². The van der Waals surface area contributed by atoms with Gasteiger partial charge in [0.1, 0.15) is 10.8 Å². The molecule has 0 saturated heterocycles. The van der Waals surface area contributed by atoms with Gasteiger partial charge in [-0.25, -0.2) is 9.59 Å². The van der Waals surface area contributed by atoms with Crippen LogP contribution in [-0.4, -0.2) is 31.1 Å². The van der Waals surface area contributed by atoms with Crippen molar-refractivity contribution in [3.8, 4) is 0 Å². The molecule has 0 saturated carbocycles. The molecule has 0 radical (unpaired) electrons. The molecule has 1 amide bonds. The van der Waals surface area contributed by atoms with Crippen LogP contribution in [0.2, 0.25) is 0 Å². The van der Waals surface area contributed by atoms with Gasteiger partial charge in [-0.05, 0) is 48.4 Å². The lowest BCUT2D eigenvalue weighted by Gasteiger charge is -2.09. The Balaban J connectivity index is 1.97. The first-order valence-electron chi connectivity index (χ1n) is 8.86. The van der Waals surface area contributed by atoms with Gasteiger partial charge in [-0.3, -0.25) is 4.79 Å². The highest BCUT2D eigenvalue weighted by atomic mass is 32.1. The average molecular weight is 405 g/mol. The minimum absolute atomic E-state index is 0.239. The fourth-order valence-corrected chi connectivity index (χ4v) is 3.37. The zero-order valence-corrected chi connectivity index (χ0v) is 16.8. The van der Waals surface area contributed by atoms with Crippen LogP contribution < -0.4 is 5.32 Å². The predicted octanol–water partition coefficient (Wildman–Crippen LogP) is 3.91. The number of carbonyl (C=O) groups is 3. The van der Waals surface area contributed by atoms with Crippen molar-refractivity contribution in [2.24, 2.45) is 5.92 Å². The summed E-state index contributed by atoms with van der Waals surface area (Å²) in [5, 5.41) is 4.85. The van der Waals surface area contributed by atoms with Crippen molar-refractivity contribution in [1.29, 1.82) is 0 Å². The van der Waals surface area contributed by atoms with Gasteiger partial charge in [0.2, 0.25) is 0 Å². The molecule has 2 aromatic rings. The van der Waals surface area contributed by atoms with Crippen molar-refractivity contribution in [1.82, 2.24) is 0 Å². The average Bonchev–Trinajstić information content (AvgIpc) is 3.28. The van der Waals surface area contributed by atoms with E-state index in [1.54, 1.807) is 19.1 Å². The van der Waals surface area contributed by atoms with Crippen molar-refractivity contribution < 1.29 is 28.3 Å². The van der Waals surface area contributed by atoms with E-state index in [9.17, 15) is 14.4 Å². The van der Waals surface area contributed by atoms with E-state index in [0.717, 1.165) is 5.56 Å². The van der Waals surface area contributed by atoms with Crippen LogP contribution in [0.5, 0.6) is 0 Å². The van der Waals surface area contributed by atoms with Gasteiger partial charge in [-0.15, -0.1) is 11.3 Å². The Hall–Kier alpha value is -2.87. The summed E-state index contributed by atoms with van der Waals surface area (Å²) in [6.45, 7) is 5.57. The SMILES string of the molecule is CCOC(=O)c1c(CC(C)C)csc1NC(=O)COC(=O)C=Cc1ccco1. The number of anilines is 1.